The Kier molecular flexibility index (Phi) is 6.56. The third-order valence-corrected chi connectivity index (χ3v) is 7.01. The van der Waals surface area contributed by atoms with Crippen molar-refractivity contribution < 1.29 is 4.63 Å². The summed E-state index contributed by atoms with van der Waals surface area (Å²) >= 11 is 0. The van der Waals surface area contributed by atoms with Crippen molar-refractivity contribution in [1.82, 2.24) is 25.1 Å². The Labute approximate surface area is 184 Å². The van der Waals surface area contributed by atoms with Crippen molar-refractivity contribution in [3.63, 3.8) is 0 Å². The zero-order valence-corrected chi connectivity index (χ0v) is 18.3. The van der Waals surface area contributed by atoms with E-state index < -0.39 is 0 Å². The molecule has 1 saturated heterocycles. The van der Waals surface area contributed by atoms with Gasteiger partial charge in [0.15, 0.2) is 0 Å². The lowest BCUT2D eigenvalue weighted by Crippen LogP contribution is -2.46. The van der Waals surface area contributed by atoms with E-state index >= 15 is 0 Å². The van der Waals surface area contributed by atoms with Crippen molar-refractivity contribution in [2.24, 2.45) is 5.92 Å². The van der Waals surface area contributed by atoms with E-state index in [1.54, 1.807) is 0 Å². The molecule has 0 spiro atoms. The minimum atomic E-state index is 0.727. The van der Waals surface area contributed by atoms with Gasteiger partial charge in [-0.2, -0.15) is 0 Å². The van der Waals surface area contributed by atoms with Gasteiger partial charge in [0.05, 0.1) is 0 Å². The van der Waals surface area contributed by atoms with Crippen molar-refractivity contribution in [3.05, 3.63) is 53.9 Å². The fourth-order valence-electron chi connectivity index (χ4n) is 5.51. The highest BCUT2D eigenvalue weighted by molar-refractivity contribution is 5.73. The Morgan fingerprint density at radius 1 is 0.935 bits per heavy atom. The minimum Gasteiger partial charge on any atom is -0.300 e. The van der Waals surface area contributed by atoms with Crippen molar-refractivity contribution in [2.45, 2.75) is 64.1 Å². The number of piperidine rings is 1. The van der Waals surface area contributed by atoms with Gasteiger partial charge in [-0.1, -0.05) is 31.4 Å². The van der Waals surface area contributed by atoms with Crippen molar-refractivity contribution in [1.29, 1.82) is 0 Å². The number of pyridine rings is 1. The summed E-state index contributed by atoms with van der Waals surface area (Å²) in [7, 11) is 0. The molecule has 6 nitrogen and oxygen atoms in total. The highest BCUT2D eigenvalue weighted by Gasteiger charge is 2.28. The van der Waals surface area contributed by atoms with E-state index in [4.69, 9.17) is 4.63 Å². The molecule has 2 aromatic heterocycles. The van der Waals surface area contributed by atoms with Gasteiger partial charge in [0, 0.05) is 44.6 Å². The van der Waals surface area contributed by atoms with Crippen LogP contribution in [0.3, 0.4) is 0 Å². The van der Waals surface area contributed by atoms with E-state index in [0.717, 1.165) is 42.6 Å². The van der Waals surface area contributed by atoms with Gasteiger partial charge in [-0.05, 0) is 77.8 Å². The lowest BCUT2D eigenvalue weighted by Gasteiger charge is -2.41. The third-order valence-electron chi connectivity index (χ3n) is 7.01. The fourth-order valence-corrected chi connectivity index (χ4v) is 5.51. The van der Waals surface area contributed by atoms with Crippen molar-refractivity contribution in [3.8, 4) is 0 Å². The molecule has 2 fully saturated rings. The molecule has 1 unspecified atom stereocenters. The number of benzene rings is 1. The first-order chi connectivity index (χ1) is 15.3. The van der Waals surface area contributed by atoms with E-state index in [1.807, 2.05) is 24.5 Å². The zero-order chi connectivity index (χ0) is 20.9. The molecule has 0 N–H and O–H groups in total. The average molecular weight is 420 g/mol. The Morgan fingerprint density at radius 3 is 2.68 bits per heavy atom. The van der Waals surface area contributed by atoms with Crippen LogP contribution in [0, 0.1) is 5.92 Å². The Balaban J connectivity index is 1.28. The first kappa shape index (κ1) is 20.6. The maximum absolute atomic E-state index is 4.88. The van der Waals surface area contributed by atoms with E-state index in [1.165, 1.54) is 69.2 Å². The van der Waals surface area contributed by atoms with Gasteiger partial charge in [-0.15, -0.1) is 0 Å². The molecule has 1 aliphatic carbocycles. The van der Waals surface area contributed by atoms with Crippen LogP contribution < -0.4 is 0 Å². The number of hydrogen-bond acceptors (Lipinski definition) is 6. The summed E-state index contributed by atoms with van der Waals surface area (Å²) in [6, 6.07) is 11.3. The van der Waals surface area contributed by atoms with E-state index in [0.29, 0.717) is 0 Å². The molecule has 31 heavy (non-hydrogen) atoms. The smallest absolute Gasteiger partial charge is 0.135 e. The van der Waals surface area contributed by atoms with Gasteiger partial charge in [-0.25, -0.2) is 4.63 Å². The topological polar surface area (TPSA) is 58.3 Å². The van der Waals surface area contributed by atoms with E-state index in [2.05, 4.69) is 43.3 Å². The predicted octanol–water partition coefficient (Wildman–Crippen LogP) is 4.66. The minimum absolute atomic E-state index is 0.727. The van der Waals surface area contributed by atoms with Gasteiger partial charge < -0.3 is 4.90 Å². The molecule has 6 heteroatoms. The van der Waals surface area contributed by atoms with Crippen LogP contribution in [0.2, 0.25) is 0 Å². The van der Waals surface area contributed by atoms with Gasteiger partial charge in [0.2, 0.25) is 0 Å². The van der Waals surface area contributed by atoms with Gasteiger partial charge in [-0.3, -0.25) is 9.88 Å². The summed E-state index contributed by atoms with van der Waals surface area (Å²) in [6.45, 7) is 5.48. The summed E-state index contributed by atoms with van der Waals surface area (Å²) in [6.07, 6.45) is 13.6. The first-order valence-electron chi connectivity index (χ1n) is 11.9. The van der Waals surface area contributed by atoms with Crippen LogP contribution in [-0.2, 0) is 13.1 Å². The molecule has 1 atom stereocenters. The van der Waals surface area contributed by atoms with Crippen LogP contribution in [0.25, 0.3) is 11.0 Å². The van der Waals surface area contributed by atoms with Gasteiger partial charge in [0.25, 0.3) is 0 Å². The van der Waals surface area contributed by atoms with Crippen LogP contribution in [0.1, 0.15) is 56.1 Å². The predicted molar refractivity (Wildman–Crippen MR) is 121 cm³/mol. The van der Waals surface area contributed by atoms with Crippen molar-refractivity contribution in [2.75, 3.05) is 19.6 Å². The number of aromatic nitrogens is 3. The van der Waals surface area contributed by atoms with Crippen LogP contribution in [0.15, 0.2) is 47.4 Å². The molecule has 3 aromatic rings. The number of rotatable bonds is 7. The highest BCUT2D eigenvalue weighted by atomic mass is 16.6. The molecule has 2 aliphatic rings. The zero-order valence-electron chi connectivity index (χ0n) is 18.3. The highest BCUT2D eigenvalue weighted by Crippen LogP contribution is 2.28. The summed E-state index contributed by atoms with van der Waals surface area (Å²) in [5.74, 6) is 0.727. The lowest BCUT2D eigenvalue weighted by atomic mass is 9.90. The van der Waals surface area contributed by atoms with Gasteiger partial charge in [0.1, 0.15) is 11.0 Å². The maximum Gasteiger partial charge on any atom is 0.135 e. The summed E-state index contributed by atoms with van der Waals surface area (Å²) in [5.41, 5.74) is 4.18. The molecular formula is C25H33N5O. The molecule has 1 aliphatic heterocycles. The summed E-state index contributed by atoms with van der Waals surface area (Å²) in [4.78, 5) is 9.73. The molecule has 3 heterocycles. The van der Waals surface area contributed by atoms with Gasteiger partial charge >= 0.3 is 0 Å². The number of likely N-dealkylation sites (tertiary alicyclic amines) is 1. The maximum atomic E-state index is 4.88. The summed E-state index contributed by atoms with van der Waals surface area (Å²) in [5, 5.41) is 7.97. The second-order valence-electron chi connectivity index (χ2n) is 9.41. The SMILES string of the molecule is c1cncc(CN(Cc2ccc3nonc3c2)CC2CCCN(C3CCCCC3)C2)c1. The van der Waals surface area contributed by atoms with Crippen LogP contribution in [0.4, 0.5) is 0 Å². The first-order valence-corrected chi connectivity index (χ1v) is 11.9. The van der Waals surface area contributed by atoms with E-state index in [-0.39, 0.29) is 0 Å². The molecular weight excluding hydrogens is 386 g/mol. The number of nitrogens with zero attached hydrogens (tertiary/aromatic N) is 5. The third kappa shape index (κ3) is 5.31. The fraction of sp³-hybridized carbons (Fsp3) is 0.560. The molecule has 5 rings (SSSR count). The second kappa shape index (κ2) is 9.88. The summed E-state index contributed by atoms with van der Waals surface area (Å²) < 4.78 is 4.88. The molecule has 1 aromatic carbocycles. The molecule has 0 amide bonds. The lowest BCUT2D eigenvalue weighted by molar-refractivity contribution is 0.0771. The Bertz CT molecular complexity index is 953. The molecule has 164 valence electrons. The molecule has 1 saturated carbocycles. The quantitative estimate of drug-likeness (QED) is 0.555. The van der Waals surface area contributed by atoms with Crippen molar-refractivity contribution >= 4 is 11.0 Å². The Hall–Kier alpha value is -2.31. The van der Waals surface area contributed by atoms with Crippen LogP contribution in [-0.4, -0.2) is 50.8 Å². The molecule has 0 radical (unpaired) electrons. The Morgan fingerprint density at radius 2 is 1.81 bits per heavy atom. The largest absolute Gasteiger partial charge is 0.300 e. The van der Waals surface area contributed by atoms with E-state index in [9.17, 15) is 0 Å². The normalized spacial score (nSPS) is 21.1. The average Bonchev–Trinajstić information content (AvgIpc) is 3.28. The monoisotopic (exact) mass is 419 g/mol. The second-order valence-corrected chi connectivity index (χ2v) is 9.41. The number of fused-ring (bicyclic) bond motifs is 1. The number of hydrogen-bond donors (Lipinski definition) is 0. The van der Waals surface area contributed by atoms with Crippen LogP contribution >= 0.6 is 0 Å². The molecule has 0 bridgehead atoms. The standard InChI is InChI=1S/C25H33N5O/c1-2-8-23(9-3-1)30-13-5-7-22(19-30)18-29(17-21-6-4-12-26-15-21)16-20-10-11-24-25(14-20)28-31-27-24/h4,6,10-12,14-15,22-23H,1-3,5,7-9,13,16-19H2. The van der Waals surface area contributed by atoms with Crippen LogP contribution in [0.5, 0.6) is 0 Å².